The van der Waals surface area contributed by atoms with Gasteiger partial charge >= 0.3 is 0 Å². The molecule has 0 aromatic heterocycles. The van der Waals surface area contributed by atoms with Crippen LogP contribution in [0.15, 0.2) is 18.2 Å². The van der Waals surface area contributed by atoms with Gasteiger partial charge in [0.15, 0.2) is 11.5 Å². The number of rotatable bonds is 6. The zero-order valence-corrected chi connectivity index (χ0v) is 11.9. The second-order valence-corrected chi connectivity index (χ2v) is 5.91. The monoisotopic (exact) mass is 277 g/mol. The van der Waals surface area contributed by atoms with E-state index in [1.807, 2.05) is 6.07 Å². The summed E-state index contributed by atoms with van der Waals surface area (Å²) >= 11 is 0. The van der Waals surface area contributed by atoms with E-state index in [-0.39, 0.29) is 0 Å². The van der Waals surface area contributed by atoms with Gasteiger partial charge in [0.1, 0.15) is 0 Å². The molecule has 0 amide bonds. The summed E-state index contributed by atoms with van der Waals surface area (Å²) in [6, 6.07) is 6.16. The van der Waals surface area contributed by atoms with Crippen molar-refractivity contribution in [2.24, 2.45) is 5.41 Å². The Bertz CT molecular complexity index is 457. The summed E-state index contributed by atoms with van der Waals surface area (Å²) in [5.41, 5.74) is 1.58. The smallest absolute Gasteiger partial charge is 0.161 e. The summed E-state index contributed by atoms with van der Waals surface area (Å²) < 4.78 is 11.3. The molecule has 1 saturated carbocycles. The SMILES string of the molecule is OCCC1(CNCc2ccc3c(c2)OCCCO3)CC1. The first-order valence-corrected chi connectivity index (χ1v) is 7.51. The average Bonchev–Trinajstić information content (AvgIpc) is 3.23. The fourth-order valence-electron chi connectivity index (χ4n) is 2.72. The fraction of sp³-hybridized carbons (Fsp3) is 0.625. The molecule has 2 aliphatic rings. The van der Waals surface area contributed by atoms with Gasteiger partial charge in [0.05, 0.1) is 13.2 Å². The first kappa shape index (κ1) is 13.7. The molecule has 0 spiro atoms. The van der Waals surface area contributed by atoms with E-state index in [0.717, 1.165) is 50.6 Å². The number of nitrogens with one attached hydrogen (secondary N) is 1. The molecule has 1 heterocycles. The maximum atomic E-state index is 9.06. The minimum Gasteiger partial charge on any atom is -0.490 e. The summed E-state index contributed by atoms with van der Waals surface area (Å²) in [6.07, 6.45) is 4.33. The van der Waals surface area contributed by atoms with Crippen LogP contribution < -0.4 is 14.8 Å². The second-order valence-electron chi connectivity index (χ2n) is 5.91. The van der Waals surface area contributed by atoms with E-state index in [4.69, 9.17) is 14.6 Å². The lowest BCUT2D eigenvalue weighted by Gasteiger charge is -2.15. The van der Waals surface area contributed by atoms with E-state index in [2.05, 4.69) is 17.4 Å². The molecule has 1 aromatic rings. The number of hydrogen-bond donors (Lipinski definition) is 2. The molecule has 20 heavy (non-hydrogen) atoms. The fourth-order valence-corrected chi connectivity index (χ4v) is 2.72. The van der Waals surface area contributed by atoms with Gasteiger partial charge in [-0.1, -0.05) is 6.07 Å². The number of ether oxygens (including phenoxy) is 2. The molecule has 0 atom stereocenters. The van der Waals surface area contributed by atoms with E-state index < -0.39 is 0 Å². The van der Waals surface area contributed by atoms with Gasteiger partial charge in [-0.15, -0.1) is 0 Å². The summed E-state index contributed by atoms with van der Waals surface area (Å²) in [5, 5.41) is 12.6. The maximum absolute atomic E-state index is 9.06. The first-order chi connectivity index (χ1) is 9.81. The van der Waals surface area contributed by atoms with Crippen LogP contribution >= 0.6 is 0 Å². The Kier molecular flexibility index (Phi) is 4.13. The van der Waals surface area contributed by atoms with E-state index in [1.54, 1.807) is 0 Å². The lowest BCUT2D eigenvalue weighted by molar-refractivity contribution is 0.245. The summed E-state index contributed by atoms with van der Waals surface area (Å²) in [6.45, 7) is 3.58. The highest BCUT2D eigenvalue weighted by atomic mass is 16.5. The topological polar surface area (TPSA) is 50.7 Å². The maximum Gasteiger partial charge on any atom is 0.161 e. The minimum absolute atomic E-state index is 0.297. The van der Waals surface area contributed by atoms with Gasteiger partial charge in [0, 0.05) is 26.1 Å². The molecule has 1 aliphatic heterocycles. The lowest BCUT2D eigenvalue weighted by atomic mass is 10.0. The van der Waals surface area contributed by atoms with E-state index >= 15 is 0 Å². The third kappa shape index (κ3) is 3.25. The number of aliphatic hydroxyl groups is 1. The van der Waals surface area contributed by atoms with Crippen LogP contribution in [0.3, 0.4) is 0 Å². The van der Waals surface area contributed by atoms with Crippen LogP contribution in [-0.4, -0.2) is 31.5 Å². The van der Waals surface area contributed by atoms with Gasteiger partial charge in [0.25, 0.3) is 0 Å². The Morgan fingerprint density at radius 2 is 1.95 bits per heavy atom. The van der Waals surface area contributed by atoms with Crippen molar-refractivity contribution in [2.75, 3.05) is 26.4 Å². The molecular formula is C16H23NO3. The van der Waals surface area contributed by atoms with Gasteiger partial charge in [-0.2, -0.15) is 0 Å². The predicted molar refractivity (Wildman–Crippen MR) is 77.1 cm³/mol. The van der Waals surface area contributed by atoms with Crippen LogP contribution in [0.1, 0.15) is 31.2 Å². The van der Waals surface area contributed by atoms with Gasteiger partial charge in [-0.3, -0.25) is 0 Å². The van der Waals surface area contributed by atoms with Gasteiger partial charge in [0.2, 0.25) is 0 Å². The quantitative estimate of drug-likeness (QED) is 0.836. The lowest BCUT2D eigenvalue weighted by Crippen LogP contribution is -2.24. The number of aliphatic hydroxyl groups excluding tert-OH is 1. The van der Waals surface area contributed by atoms with Crippen LogP contribution in [0.4, 0.5) is 0 Å². The summed E-state index contributed by atoms with van der Waals surface area (Å²) in [7, 11) is 0. The first-order valence-electron chi connectivity index (χ1n) is 7.51. The minimum atomic E-state index is 0.297. The third-order valence-electron chi connectivity index (χ3n) is 4.24. The molecule has 2 N–H and O–H groups in total. The van der Waals surface area contributed by atoms with Crippen molar-refractivity contribution >= 4 is 0 Å². The highest BCUT2D eigenvalue weighted by Gasteiger charge is 2.41. The summed E-state index contributed by atoms with van der Waals surface area (Å²) in [4.78, 5) is 0. The van der Waals surface area contributed by atoms with Crippen molar-refractivity contribution < 1.29 is 14.6 Å². The highest BCUT2D eigenvalue weighted by molar-refractivity contribution is 5.43. The Hall–Kier alpha value is -1.26. The van der Waals surface area contributed by atoms with Crippen LogP contribution in [-0.2, 0) is 6.54 Å². The molecule has 0 radical (unpaired) electrons. The molecule has 4 heteroatoms. The van der Waals surface area contributed by atoms with Crippen molar-refractivity contribution in [3.05, 3.63) is 23.8 Å². The molecule has 0 bridgehead atoms. The standard InChI is InChI=1S/C16H23NO3/c18-7-6-16(4-5-16)12-17-11-13-2-3-14-15(10-13)20-9-1-8-19-14/h2-3,10,17-18H,1,4-9,11-12H2. The molecule has 1 fully saturated rings. The van der Waals surface area contributed by atoms with Gasteiger partial charge < -0.3 is 19.9 Å². The van der Waals surface area contributed by atoms with Gasteiger partial charge in [-0.05, 0) is 42.4 Å². The highest BCUT2D eigenvalue weighted by Crippen LogP contribution is 2.47. The molecule has 1 aromatic carbocycles. The molecule has 1 aliphatic carbocycles. The molecule has 3 rings (SSSR count). The third-order valence-corrected chi connectivity index (χ3v) is 4.24. The van der Waals surface area contributed by atoms with Crippen LogP contribution in [0.25, 0.3) is 0 Å². The molecular weight excluding hydrogens is 254 g/mol. The van der Waals surface area contributed by atoms with Crippen molar-refractivity contribution in [3.8, 4) is 11.5 Å². The van der Waals surface area contributed by atoms with E-state index in [1.165, 1.54) is 18.4 Å². The molecule has 0 unspecified atom stereocenters. The number of hydrogen-bond acceptors (Lipinski definition) is 4. The van der Waals surface area contributed by atoms with Crippen LogP contribution in [0.5, 0.6) is 11.5 Å². The Labute approximate surface area is 120 Å². The van der Waals surface area contributed by atoms with Crippen molar-refractivity contribution in [3.63, 3.8) is 0 Å². The zero-order valence-electron chi connectivity index (χ0n) is 11.9. The molecule has 0 saturated heterocycles. The molecule has 4 nitrogen and oxygen atoms in total. The van der Waals surface area contributed by atoms with Gasteiger partial charge in [-0.25, -0.2) is 0 Å². The zero-order chi connectivity index (χ0) is 13.8. The van der Waals surface area contributed by atoms with E-state index in [9.17, 15) is 0 Å². The Morgan fingerprint density at radius 1 is 1.15 bits per heavy atom. The van der Waals surface area contributed by atoms with Crippen molar-refractivity contribution in [2.45, 2.75) is 32.2 Å². The van der Waals surface area contributed by atoms with Crippen LogP contribution in [0.2, 0.25) is 0 Å². The molecule has 110 valence electrons. The van der Waals surface area contributed by atoms with Crippen LogP contribution in [0, 0.1) is 5.41 Å². The van der Waals surface area contributed by atoms with E-state index in [0.29, 0.717) is 12.0 Å². The largest absolute Gasteiger partial charge is 0.490 e. The summed E-state index contributed by atoms with van der Waals surface area (Å²) in [5.74, 6) is 1.71. The Morgan fingerprint density at radius 3 is 2.70 bits per heavy atom. The second kappa shape index (κ2) is 6.02. The number of benzene rings is 1. The van der Waals surface area contributed by atoms with Crippen molar-refractivity contribution in [1.29, 1.82) is 0 Å². The average molecular weight is 277 g/mol. The Balaban J connectivity index is 1.54. The number of fused-ring (bicyclic) bond motifs is 1. The predicted octanol–water partition coefficient (Wildman–Crippen LogP) is 2.10. The normalized spacial score (nSPS) is 19.4. The van der Waals surface area contributed by atoms with Crippen molar-refractivity contribution in [1.82, 2.24) is 5.32 Å².